The van der Waals surface area contributed by atoms with Gasteiger partial charge >= 0.3 is 0 Å². The Morgan fingerprint density at radius 1 is 1.26 bits per heavy atom. The molecule has 0 saturated carbocycles. The van der Waals surface area contributed by atoms with Crippen LogP contribution in [0.3, 0.4) is 0 Å². The minimum atomic E-state index is -0.883. The standard InChI is InChI=1S/C19H20FN5O2/c1-12-3-4-13(9-15(12)20)19(27)24-7-8-25-14(11-24)10-16(22-25)18(26)17-5-6-21-23(17)2/h3-6,9-10,18,26H,7-8,11H2,1-2H3. The summed E-state index contributed by atoms with van der Waals surface area (Å²) in [6.07, 6.45) is 0.737. The van der Waals surface area contributed by atoms with Crippen LogP contribution in [0.2, 0.25) is 0 Å². The molecule has 1 unspecified atom stereocenters. The van der Waals surface area contributed by atoms with Crippen molar-refractivity contribution in [3.63, 3.8) is 0 Å². The van der Waals surface area contributed by atoms with Crippen molar-refractivity contribution in [2.24, 2.45) is 7.05 Å². The Hall–Kier alpha value is -3.00. The van der Waals surface area contributed by atoms with E-state index in [4.69, 9.17) is 0 Å². The van der Waals surface area contributed by atoms with E-state index in [0.717, 1.165) is 5.69 Å². The quantitative estimate of drug-likeness (QED) is 0.764. The number of hydrogen-bond donors (Lipinski definition) is 1. The number of hydrogen-bond acceptors (Lipinski definition) is 4. The van der Waals surface area contributed by atoms with Crippen molar-refractivity contribution in [2.75, 3.05) is 6.54 Å². The number of aliphatic hydroxyl groups is 1. The molecule has 1 atom stereocenters. The third kappa shape index (κ3) is 3.12. The number of nitrogens with zero attached hydrogens (tertiary/aromatic N) is 5. The van der Waals surface area contributed by atoms with E-state index in [1.54, 1.807) is 58.7 Å². The second kappa shape index (κ2) is 6.62. The minimum absolute atomic E-state index is 0.213. The summed E-state index contributed by atoms with van der Waals surface area (Å²) in [5.74, 6) is -0.598. The number of halogens is 1. The van der Waals surface area contributed by atoms with Gasteiger partial charge in [-0.05, 0) is 36.8 Å². The number of fused-ring (bicyclic) bond motifs is 1. The summed E-state index contributed by atoms with van der Waals surface area (Å²) in [5, 5.41) is 19.1. The fourth-order valence-electron chi connectivity index (χ4n) is 3.31. The first-order valence-electron chi connectivity index (χ1n) is 8.72. The summed E-state index contributed by atoms with van der Waals surface area (Å²) < 4.78 is 17.2. The molecule has 1 amide bonds. The minimum Gasteiger partial charge on any atom is -0.380 e. The van der Waals surface area contributed by atoms with Crippen molar-refractivity contribution < 1.29 is 14.3 Å². The highest BCUT2D eigenvalue weighted by Crippen LogP contribution is 2.24. The normalized spacial score (nSPS) is 14.9. The molecule has 0 bridgehead atoms. The number of aliphatic hydroxyl groups excluding tert-OH is 1. The fraction of sp³-hybridized carbons (Fsp3) is 0.316. The molecule has 4 rings (SSSR count). The highest BCUT2D eigenvalue weighted by atomic mass is 19.1. The van der Waals surface area contributed by atoms with Gasteiger partial charge in [0.05, 0.1) is 30.2 Å². The van der Waals surface area contributed by atoms with Gasteiger partial charge in [0.25, 0.3) is 5.91 Å². The molecule has 8 heteroatoms. The summed E-state index contributed by atoms with van der Waals surface area (Å²) in [7, 11) is 1.76. The lowest BCUT2D eigenvalue weighted by Crippen LogP contribution is -2.38. The van der Waals surface area contributed by atoms with Gasteiger partial charge in [-0.25, -0.2) is 4.39 Å². The van der Waals surface area contributed by atoms with E-state index in [2.05, 4.69) is 10.2 Å². The van der Waals surface area contributed by atoms with Crippen molar-refractivity contribution in [3.8, 4) is 0 Å². The molecule has 1 aliphatic heterocycles. The molecule has 7 nitrogen and oxygen atoms in total. The van der Waals surface area contributed by atoms with Gasteiger partial charge in [0.1, 0.15) is 11.9 Å². The van der Waals surface area contributed by atoms with Crippen molar-refractivity contribution >= 4 is 5.91 Å². The van der Waals surface area contributed by atoms with Gasteiger partial charge in [-0.3, -0.25) is 14.2 Å². The molecular weight excluding hydrogens is 349 g/mol. The lowest BCUT2D eigenvalue weighted by Gasteiger charge is -2.27. The predicted molar refractivity (Wildman–Crippen MR) is 95.4 cm³/mol. The second-order valence-electron chi connectivity index (χ2n) is 6.76. The number of aromatic nitrogens is 4. The van der Waals surface area contributed by atoms with Crippen LogP contribution < -0.4 is 0 Å². The van der Waals surface area contributed by atoms with Crippen LogP contribution in [-0.2, 0) is 20.1 Å². The summed E-state index contributed by atoms with van der Waals surface area (Å²) in [6, 6.07) is 8.07. The van der Waals surface area contributed by atoms with Gasteiger partial charge in [-0.15, -0.1) is 0 Å². The Balaban J connectivity index is 1.55. The molecule has 27 heavy (non-hydrogen) atoms. The monoisotopic (exact) mass is 369 g/mol. The van der Waals surface area contributed by atoms with E-state index in [-0.39, 0.29) is 11.7 Å². The molecule has 3 aromatic rings. The number of amides is 1. The zero-order valence-electron chi connectivity index (χ0n) is 15.1. The molecule has 1 aliphatic rings. The van der Waals surface area contributed by atoms with Gasteiger partial charge in [0.15, 0.2) is 0 Å². The molecule has 0 fully saturated rings. The van der Waals surface area contributed by atoms with E-state index in [9.17, 15) is 14.3 Å². The van der Waals surface area contributed by atoms with Crippen LogP contribution >= 0.6 is 0 Å². The van der Waals surface area contributed by atoms with Gasteiger partial charge < -0.3 is 10.0 Å². The molecule has 2 aromatic heterocycles. The predicted octanol–water partition coefficient (Wildman–Crippen LogP) is 1.80. The average molecular weight is 369 g/mol. The summed E-state index contributed by atoms with van der Waals surface area (Å²) in [5.41, 5.74) is 2.84. The molecule has 1 N–H and O–H groups in total. The van der Waals surface area contributed by atoms with Gasteiger partial charge in [0, 0.05) is 25.4 Å². The van der Waals surface area contributed by atoms with Crippen molar-refractivity contribution in [1.29, 1.82) is 0 Å². The summed E-state index contributed by atoms with van der Waals surface area (Å²) in [4.78, 5) is 14.4. The Kier molecular flexibility index (Phi) is 4.27. The number of benzene rings is 1. The maximum absolute atomic E-state index is 13.8. The molecule has 140 valence electrons. The number of carbonyl (C=O) groups excluding carboxylic acids is 1. The van der Waals surface area contributed by atoms with Crippen molar-refractivity contribution in [3.05, 3.63) is 70.6 Å². The van der Waals surface area contributed by atoms with Crippen LogP contribution in [0.15, 0.2) is 36.5 Å². The molecule has 0 spiro atoms. The van der Waals surface area contributed by atoms with E-state index in [0.29, 0.717) is 42.1 Å². The van der Waals surface area contributed by atoms with Crippen LogP contribution in [0.25, 0.3) is 0 Å². The first kappa shape index (κ1) is 17.4. The highest BCUT2D eigenvalue weighted by molar-refractivity contribution is 5.94. The summed E-state index contributed by atoms with van der Waals surface area (Å²) >= 11 is 0. The Labute approximate surface area is 155 Å². The third-order valence-electron chi connectivity index (χ3n) is 4.94. The van der Waals surface area contributed by atoms with Gasteiger partial charge in [-0.2, -0.15) is 10.2 Å². The number of carbonyl (C=O) groups is 1. The first-order chi connectivity index (χ1) is 12.9. The summed E-state index contributed by atoms with van der Waals surface area (Å²) in [6.45, 7) is 3.02. The fourth-order valence-corrected chi connectivity index (χ4v) is 3.31. The Morgan fingerprint density at radius 2 is 2.07 bits per heavy atom. The first-order valence-corrected chi connectivity index (χ1v) is 8.72. The van der Waals surface area contributed by atoms with E-state index in [1.165, 1.54) is 6.07 Å². The topological polar surface area (TPSA) is 76.2 Å². The average Bonchev–Trinajstić information content (AvgIpc) is 3.28. The SMILES string of the molecule is Cc1ccc(C(=O)N2CCn3nc(C(O)c4ccnn4C)cc3C2)cc1F. The third-order valence-corrected chi connectivity index (χ3v) is 4.94. The van der Waals surface area contributed by atoms with Crippen LogP contribution in [0.4, 0.5) is 4.39 Å². The number of rotatable bonds is 3. The van der Waals surface area contributed by atoms with E-state index < -0.39 is 6.10 Å². The van der Waals surface area contributed by atoms with Crippen LogP contribution in [0, 0.1) is 12.7 Å². The lowest BCUT2D eigenvalue weighted by atomic mass is 10.1. The Bertz CT molecular complexity index is 1010. The molecule has 0 radical (unpaired) electrons. The molecule has 1 aromatic carbocycles. The zero-order valence-corrected chi connectivity index (χ0v) is 15.1. The molecule has 3 heterocycles. The molecule has 0 saturated heterocycles. The van der Waals surface area contributed by atoms with Crippen LogP contribution in [0.1, 0.15) is 39.1 Å². The van der Waals surface area contributed by atoms with Gasteiger partial charge in [0.2, 0.25) is 0 Å². The van der Waals surface area contributed by atoms with Crippen LogP contribution in [0.5, 0.6) is 0 Å². The maximum atomic E-state index is 13.8. The zero-order chi connectivity index (χ0) is 19.1. The molecule has 0 aliphatic carbocycles. The van der Waals surface area contributed by atoms with E-state index in [1.807, 2.05) is 0 Å². The maximum Gasteiger partial charge on any atom is 0.254 e. The van der Waals surface area contributed by atoms with Crippen molar-refractivity contribution in [1.82, 2.24) is 24.5 Å². The Morgan fingerprint density at radius 3 is 2.78 bits per heavy atom. The second-order valence-corrected chi connectivity index (χ2v) is 6.76. The molecular formula is C19H20FN5O2. The van der Waals surface area contributed by atoms with Crippen molar-refractivity contribution in [2.45, 2.75) is 26.1 Å². The van der Waals surface area contributed by atoms with E-state index >= 15 is 0 Å². The lowest BCUT2D eigenvalue weighted by molar-refractivity contribution is 0.0705. The largest absolute Gasteiger partial charge is 0.380 e. The van der Waals surface area contributed by atoms with Crippen LogP contribution in [-0.4, -0.2) is 42.0 Å². The number of aryl methyl sites for hydroxylation is 2. The highest BCUT2D eigenvalue weighted by Gasteiger charge is 2.26. The van der Waals surface area contributed by atoms with Gasteiger partial charge in [-0.1, -0.05) is 6.07 Å². The smallest absolute Gasteiger partial charge is 0.254 e.